The van der Waals surface area contributed by atoms with E-state index in [0.717, 1.165) is 0 Å². The predicted molar refractivity (Wildman–Crippen MR) is 58.9 cm³/mol. The van der Waals surface area contributed by atoms with E-state index in [9.17, 15) is 0 Å². The molecule has 2 rings (SSSR count). The Morgan fingerprint density at radius 3 is 2.56 bits per heavy atom. The Balaban J connectivity index is 2.18. The minimum Gasteiger partial charge on any atom is -0.455 e. The molecule has 1 aliphatic rings. The molecule has 7 heteroatoms. The van der Waals surface area contributed by atoms with Gasteiger partial charge in [0.2, 0.25) is 11.9 Å². The summed E-state index contributed by atoms with van der Waals surface area (Å²) in [6.07, 6.45) is 0.0575. The van der Waals surface area contributed by atoms with Gasteiger partial charge in [-0.1, -0.05) is 0 Å². The highest BCUT2D eigenvalue weighted by Crippen LogP contribution is 2.16. The number of aromatic nitrogens is 3. The Morgan fingerprint density at radius 1 is 1.31 bits per heavy atom. The first kappa shape index (κ1) is 10.9. The number of nitrogens with one attached hydrogen (secondary N) is 1. The maximum Gasteiger partial charge on any atom is 0.323 e. The standard InChI is InChI=1S/C9H15N5O2/c1-10-7-11-8(14(2)3)13-9(12-7)16-6-4-15-5-6/h6H,4-5H2,1-3H3,(H,10,11,12,13). The first-order chi connectivity index (χ1) is 7.69. The van der Waals surface area contributed by atoms with Crippen molar-refractivity contribution < 1.29 is 9.47 Å². The molecular formula is C9H15N5O2. The van der Waals surface area contributed by atoms with Crippen LogP contribution in [0.4, 0.5) is 11.9 Å². The second kappa shape index (κ2) is 4.48. The van der Waals surface area contributed by atoms with Crippen LogP contribution in [0.15, 0.2) is 0 Å². The van der Waals surface area contributed by atoms with Gasteiger partial charge in [-0.25, -0.2) is 0 Å². The van der Waals surface area contributed by atoms with Crippen LogP contribution in [0.1, 0.15) is 0 Å². The van der Waals surface area contributed by atoms with Gasteiger partial charge >= 0.3 is 6.01 Å². The van der Waals surface area contributed by atoms with Crippen molar-refractivity contribution in [3.8, 4) is 6.01 Å². The first-order valence-corrected chi connectivity index (χ1v) is 5.04. The molecule has 1 saturated heterocycles. The van der Waals surface area contributed by atoms with Gasteiger partial charge in [0.15, 0.2) is 0 Å². The van der Waals surface area contributed by atoms with E-state index in [2.05, 4.69) is 20.3 Å². The maximum absolute atomic E-state index is 5.53. The minimum atomic E-state index is 0.0575. The van der Waals surface area contributed by atoms with Gasteiger partial charge in [-0.05, 0) is 0 Å². The lowest BCUT2D eigenvalue weighted by Gasteiger charge is -2.25. The molecule has 1 aliphatic heterocycles. The molecule has 1 N–H and O–H groups in total. The van der Waals surface area contributed by atoms with E-state index < -0.39 is 0 Å². The van der Waals surface area contributed by atoms with Crippen LogP contribution >= 0.6 is 0 Å². The van der Waals surface area contributed by atoms with E-state index in [0.29, 0.717) is 31.1 Å². The summed E-state index contributed by atoms with van der Waals surface area (Å²) in [6, 6.07) is 0.330. The molecule has 1 aromatic rings. The molecule has 0 bridgehead atoms. The van der Waals surface area contributed by atoms with Crippen LogP contribution in [-0.2, 0) is 4.74 Å². The van der Waals surface area contributed by atoms with E-state index in [4.69, 9.17) is 9.47 Å². The summed E-state index contributed by atoms with van der Waals surface area (Å²) in [7, 11) is 5.49. The Hall–Kier alpha value is -1.63. The van der Waals surface area contributed by atoms with Crippen molar-refractivity contribution in [1.82, 2.24) is 15.0 Å². The fourth-order valence-corrected chi connectivity index (χ4v) is 1.14. The third-order valence-electron chi connectivity index (χ3n) is 2.11. The van der Waals surface area contributed by atoms with Gasteiger partial charge in [0.25, 0.3) is 0 Å². The smallest absolute Gasteiger partial charge is 0.323 e. The molecule has 0 unspecified atom stereocenters. The molecule has 0 spiro atoms. The number of rotatable bonds is 4. The van der Waals surface area contributed by atoms with Crippen LogP contribution in [0.5, 0.6) is 6.01 Å². The zero-order valence-corrected chi connectivity index (χ0v) is 9.60. The van der Waals surface area contributed by atoms with Gasteiger partial charge in [-0.2, -0.15) is 15.0 Å². The quantitative estimate of drug-likeness (QED) is 0.758. The Kier molecular flexibility index (Phi) is 3.04. The van der Waals surface area contributed by atoms with Crippen LogP contribution in [0.25, 0.3) is 0 Å². The number of ether oxygens (including phenoxy) is 2. The van der Waals surface area contributed by atoms with Crippen LogP contribution in [0, 0.1) is 0 Å². The molecule has 0 aromatic carbocycles. The lowest BCUT2D eigenvalue weighted by atomic mass is 10.3. The summed E-state index contributed by atoms with van der Waals surface area (Å²) < 4.78 is 10.5. The Morgan fingerprint density at radius 2 is 2.06 bits per heavy atom. The van der Waals surface area contributed by atoms with Crippen molar-refractivity contribution in [3.63, 3.8) is 0 Å². The van der Waals surface area contributed by atoms with Crippen LogP contribution in [-0.4, -0.2) is 55.4 Å². The van der Waals surface area contributed by atoms with Gasteiger partial charge < -0.3 is 19.7 Å². The molecule has 0 saturated carbocycles. The van der Waals surface area contributed by atoms with Crippen molar-refractivity contribution in [2.75, 3.05) is 44.6 Å². The van der Waals surface area contributed by atoms with Crippen LogP contribution in [0.3, 0.4) is 0 Å². The van der Waals surface area contributed by atoms with Crippen molar-refractivity contribution in [2.24, 2.45) is 0 Å². The van der Waals surface area contributed by atoms with Gasteiger partial charge in [0.1, 0.15) is 6.10 Å². The van der Waals surface area contributed by atoms with Crippen molar-refractivity contribution in [3.05, 3.63) is 0 Å². The number of anilines is 2. The molecule has 0 amide bonds. The Bertz CT molecular complexity index is 367. The number of hydrogen-bond acceptors (Lipinski definition) is 7. The van der Waals surface area contributed by atoms with E-state index >= 15 is 0 Å². The van der Waals surface area contributed by atoms with Gasteiger partial charge in [0, 0.05) is 21.1 Å². The largest absolute Gasteiger partial charge is 0.455 e. The van der Waals surface area contributed by atoms with Gasteiger partial charge in [-0.15, -0.1) is 0 Å². The fraction of sp³-hybridized carbons (Fsp3) is 0.667. The number of nitrogens with zero attached hydrogens (tertiary/aromatic N) is 4. The molecule has 0 radical (unpaired) electrons. The Labute approximate surface area is 93.8 Å². The second-order valence-electron chi connectivity index (χ2n) is 3.66. The average molecular weight is 225 g/mol. The predicted octanol–water partition coefficient (Wildman–Crippen LogP) is -0.243. The summed E-state index contributed by atoms with van der Waals surface area (Å²) in [5, 5.41) is 2.87. The van der Waals surface area contributed by atoms with Crippen LogP contribution < -0.4 is 15.0 Å². The molecular weight excluding hydrogens is 210 g/mol. The lowest BCUT2D eigenvalue weighted by molar-refractivity contribution is -0.0830. The summed E-state index contributed by atoms with van der Waals surface area (Å²) in [4.78, 5) is 14.3. The summed E-state index contributed by atoms with van der Waals surface area (Å²) >= 11 is 0. The second-order valence-corrected chi connectivity index (χ2v) is 3.66. The number of hydrogen-bond donors (Lipinski definition) is 1. The van der Waals surface area contributed by atoms with Crippen molar-refractivity contribution in [1.29, 1.82) is 0 Å². The van der Waals surface area contributed by atoms with E-state index in [1.54, 1.807) is 11.9 Å². The topological polar surface area (TPSA) is 72.4 Å². The highest BCUT2D eigenvalue weighted by Gasteiger charge is 2.22. The molecule has 88 valence electrons. The van der Waals surface area contributed by atoms with E-state index in [1.807, 2.05) is 14.1 Å². The third-order valence-corrected chi connectivity index (χ3v) is 2.11. The van der Waals surface area contributed by atoms with Crippen molar-refractivity contribution >= 4 is 11.9 Å². The third kappa shape index (κ3) is 2.30. The lowest BCUT2D eigenvalue weighted by Crippen LogP contribution is -2.39. The average Bonchev–Trinajstić information content (AvgIpc) is 2.23. The first-order valence-electron chi connectivity index (χ1n) is 5.04. The van der Waals surface area contributed by atoms with E-state index in [-0.39, 0.29) is 6.10 Å². The molecule has 7 nitrogen and oxygen atoms in total. The maximum atomic E-state index is 5.53. The summed E-state index contributed by atoms with van der Waals surface area (Å²) in [5.41, 5.74) is 0. The molecule has 2 heterocycles. The highest BCUT2D eigenvalue weighted by atomic mass is 16.6. The summed E-state index contributed by atoms with van der Waals surface area (Å²) in [5.74, 6) is 1.06. The van der Waals surface area contributed by atoms with E-state index in [1.165, 1.54) is 0 Å². The molecule has 0 atom stereocenters. The monoisotopic (exact) mass is 225 g/mol. The highest BCUT2D eigenvalue weighted by molar-refractivity contribution is 5.36. The minimum absolute atomic E-state index is 0.0575. The molecule has 16 heavy (non-hydrogen) atoms. The van der Waals surface area contributed by atoms with Crippen LogP contribution in [0.2, 0.25) is 0 Å². The normalized spacial score (nSPS) is 15.4. The van der Waals surface area contributed by atoms with Gasteiger partial charge in [-0.3, -0.25) is 0 Å². The molecule has 1 aromatic heterocycles. The summed E-state index contributed by atoms with van der Waals surface area (Å²) in [6.45, 7) is 1.19. The molecule has 0 aliphatic carbocycles. The zero-order valence-electron chi connectivity index (χ0n) is 9.60. The molecule has 1 fully saturated rings. The van der Waals surface area contributed by atoms with Gasteiger partial charge in [0.05, 0.1) is 13.2 Å². The fourth-order valence-electron chi connectivity index (χ4n) is 1.14. The van der Waals surface area contributed by atoms with Crippen molar-refractivity contribution in [2.45, 2.75) is 6.10 Å². The SMILES string of the molecule is CNc1nc(OC2COC2)nc(N(C)C)n1. The zero-order chi connectivity index (χ0) is 11.5.